The molecule has 54 valence electrons. The highest BCUT2D eigenvalue weighted by molar-refractivity contribution is 7.64. The summed E-state index contributed by atoms with van der Waals surface area (Å²) in [4.78, 5) is 0. The third-order valence-electron chi connectivity index (χ3n) is 2.40. The van der Waals surface area contributed by atoms with Crippen LogP contribution in [0.5, 0.6) is 0 Å². The van der Waals surface area contributed by atoms with Crippen LogP contribution in [-0.4, -0.2) is 11.8 Å². The average molecular weight is 152 g/mol. The molecule has 0 nitrogen and oxygen atoms in total. The van der Waals surface area contributed by atoms with Crippen molar-refractivity contribution in [3.8, 4) is 0 Å². The van der Waals surface area contributed by atoms with Crippen molar-refractivity contribution in [1.29, 1.82) is 0 Å². The Morgan fingerprint density at radius 2 is 2.50 bits per heavy atom. The molecule has 0 bridgehead atoms. The van der Waals surface area contributed by atoms with Crippen LogP contribution in [0.4, 0.5) is 0 Å². The van der Waals surface area contributed by atoms with Gasteiger partial charge in [0.15, 0.2) is 0 Å². The monoisotopic (exact) mass is 152 g/mol. The minimum atomic E-state index is 0.314. The van der Waals surface area contributed by atoms with Crippen LogP contribution in [-0.2, 0) is 0 Å². The van der Waals surface area contributed by atoms with E-state index in [4.69, 9.17) is 0 Å². The van der Waals surface area contributed by atoms with E-state index in [1.54, 1.807) is 5.31 Å². The fourth-order valence-electron chi connectivity index (χ4n) is 1.56. The smallest absolute Gasteiger partial charge is 0.0156 e. The molecule has 0 N–H and O–H groups in total. The van der Waals surface area contributed by atoms with Gasteiger partial charge in [-0.3, -0.25) is 0 Å². The summed E-state index contributed by atoms with van der Waals surface area (Å²) in [5.41, 5.74) is 1.02. The minimum Gasteiger partial charge on any atom is -0.0801 e. The highest BCUT2D eigenvalue weighted by Crippen LogP contribution is 2.60. The second-order valence-corrected chi connectivity index (χ2v) is 5.88. The maximum absolute atomic E-state index is 2.40. The molecule has 1 heterocycles. The fraction of sp³-hybridized carbons (Fsp3) is 0.556. The first kappa shape index (κ1) is 6.61. The van der Waals surface area contributed by atoms with Gasteiger partial charge in [0.2, 0.25) is 0 Å². The summed E-state index contributed by atoms with van der Waals surface area (Å²) in [5.74, 6) is 0. The molecule has 2 aliphatic rings. The lowest BCUT2D eigenvalue weighted by atomic mass is 10.3. The van der Waals surface area contributed by atoms with Gasteiger partial charge in [-0.15, -0.1) is 0 Å². The van der Waals surface area contributed by atoms with Crippen LogP contribution in [0.3, 0.4) is 0 Å². The van der Waals surface area contributed by atoms with E-state index in [0.29, 0.717) is 7.92 Å². The molecule has 1 heteroatoms. The van der Waals surface area contributed by atoms with E-state index >= 15 is 0 Å². The van der Waals surface area contributed by atoms with E-state index in [9.17, 15) is 0 Å². The molecule has 0 radical (unpaired) electrons. The second-order valence-electron chi connectivity index (χ2n) is 3.10. The lowest BCUT2D eigenvalue weighted by Gasteiger charge is -2.34. The standard InChI is InChI=1S/C9H13P/c1-8-6-7-10(8)9-4-2-3-5-9/h2,4-5,8H,3,6-7H2,1H3. The van der Waals surface area contributed by atoms with Crippen molar-refractivity contribution in [1.82, 2.24) is 0 Å². The highest BCUT2D eigenvalue weighted by atomic mass is 31.1. The van der Waals surface area contributed by atoms with Crippen molar-refractivity contribution in [3.63, 3.8) is 0 Å². The normalized spacial score (nSPS) is 37.5. The maximum atomic E-state index is 2.40. The first-order valence-corrected chi connectivity index (χ1v) is 5.61. The molecule has 0 spiro atoms. The average Bonchev–Trinajstić information content (AvgIpc) is 2.37. The summed E-state index contributed by atoms with van der Waals surface area (Å²) in [6.45, 7) is 2.39. The molecular weight excluding hydrogens is 139 g/mol. The third kappa shape index (κ3) is 0.953. The Hall–Kier alpha value is -0.0900. The van der Waals surface area contributed by atoms with Crippen molar-refractivity contribution in [2.24, 2.45) is 0 Å². The lowest BCUT2D eigenvalue weighted by molar-refractivity contribution is 0.832. The zero-order valence-corrected chi connectivity index (χ0v) is 7.27. The molecule has 1 aliphatic heterocycles. The van der Waals surface area contributed by atoms with Gasteiger partial charge in [0.25, 0.3) is 0 Å². The Bertz CT molecular complexity index is 191. The zero-order valence-electron chi connectivity index (χ0n) is 6.38. The number of hydrogen-bond donors (Lipinski definition) is 0. The topological polar surface area (TPSA) is 0 Å². The van der Waals surface area contributed by atoms with Crippen molar-refractivity contribution in [2.75, 3.05) is 6.16 Å². The van der Waals surface area contributed by atoms with E-state index in [1.165, 1.54) is 19.0 Å². The van der Waals surface area contributed by atoms with Crippen LogP contribution in [0, 0.1) is 0 Å². The van der Waals surface area contributed by atoms with Gasteiger partial charge >= 0.3 is 0 Å². The molecule has 1 aliphatic carbocycles. The van der Waals surface area contributed by atoms with Gasteiger partial charge in [0.05, 0.1) is 0 Å². The van der Waals surface area contributed by atoms with E-state index in [1.807, 2.05) is 0 Å². The predicted molar refractivity (Wildman–Crippen MR) is 47.7 cm³/mol. The first-order valence-electron chi connectivity index (χ1n) is 4.01. The van der Waals surface area contributed by atoms with Crippen LogP contribution < -0.4 is 0 Å². The highest BCUT2D eigenvalue weighted by Gasteiger charge is 2.28. The van der Waals surface area contributed by atoms with Gasteiger partial charge in [0, 0.05) is 0 Å². The van der Waals surface area contributed by atoms with Crippen LogP contribution in [0.15, 0.2) is 23.5 Å². The van der Waals surface area contributed by atoms with Crippen LogP contribution in [0.1, 0.15) is 19.8 Å². The summed E-state index contributed by atoms with van der Waals surface area (Å²) in [5, 5.41) is 1.67. The zero-order chi connectivity index (χ0) is 6.97. The largest absolute Gasteiger partial charge is 0.0801 e. The SMILES string of the molecule is CC1CCP1C1=CCC=C1. The van der Waals surface area contributed by atoms with Crippen LogP contribution in [0.25, 0.3) is 0 Å². The molecule has 2 unspecified atom stereocenters. The summed E-state index contributed by atoms with van der Waals surface area (Å²) in [7, 11) is 0.314. The molecule has 1 fully saturated rings. The van der Waals surface area contributed by atoms with E-state index < -0.39 is 0 Å². The van der Waals surface area contributed by atoms with Crippen molar-refractivity contribution in [3.05, 3.63) is 23.5 Å². The number of hydrogen-bond acceptors (Lipinski definition) is 0. The van der Waals surface area contributed by atoms with E-state index in [0.717, 1.165) is 5.66 Å². The lowest BCUT2D eigenvalue weighted by Crippen LogP contribution is -2.15. The van der Waals surface area contributed by atoms with Crippen LogP contribution in [0.2, 0.25) is 0 Å². The molecule has 0 aromatic heterocycles. The molecule has 1 saturated heterocycles. The minimum absolute atomic E-state index is 0.314. The first-order chi connectivity index (χ1) is 4.88. The molecule has 0 amide bonds. The fourth-order valence-corrected chi connectivity index (χ4v) is 4.00. The Labute approximate surface area is 63.8 Å². The molecule has 0 saturated carbocycles. The summed E-state index contributed by atoms with van der Waals surface area (Å²) in [6, 6.07) is 0. The van der Waals surface area contributed by atoms with Gasteiger partial charge < -0.3 is 0 Å². The van der Waals surface area contributed by atoms with Crippen molar-refractivity contribution in [2.45, 2.75) is 25.4 Å². The van der Waals surface area contributed by atoms with E-state index in [-0.39, 0.29) is 0 Å². The third-order valence-corrected chi connectivity index (χ3v) is 5.46. The van der Waals surface area contributed by atoms with Gasteiger partial charge in [-0.25, -0.2) is 0 Å². The summed E-state index contributed by atoms with van der Waals surface area (Å²) < 4.78 is 0. The Balaban J connectivity index is 2.05. The predicted octanol–water partition coefficient (Wildman–Crippen LogP) is 3.10. The Morgan fingerprint density at radius 1 is 1.60 bits per heavy atom. The number of rotatable bonds is 1. The van der Waals surface area contributed by atoms with E-state index in [2.05, 4.69) is 25.2 Å². The Kier molecular flexibility index (Phi) is 1.66. The van der Waals surface area contributed by atoms with Crippen molar-refractivity contribution >= 4 is 7.92 Å². The van der Waals surface area contributed by atoms with Gasteiger partial charge in [-0.05, 0) is 30.0 Å². The molecular formula is C9H13P. The number of allylic oxidation sites excluding steroid dienone is 4. The molecule has 10 heavy (non-hydrogen) atoms. The van der Waals surface area contributed by atoms with Crippen molar-refractivity contribution < 1.29 is 0 Å². The second kappa shape index (κ2) is 2.51. The van der Waals surface area contributed by atoms with Gasteiger partial charge in [-0.2, -0.15) is 0 Å². The maximum Gasteiger partial charge on any atom is -0.0156 e. The molecule has 0 aromatic rings. The summed E-state index contributed by atoms with van der Waals surface area (Å²) in [6.07, 6.45) is 11.2. The Morgan fingerprint density at radius 3 is 2.90 bits per heavy atom. The van der Waals surface area contributed by atoms with Crippen LogP contribution >= 0.6 is 7.92 Å². The van der Waals surface area contributed by atoms with Gasteiger partial charge in [-0.1, -0.05) is 33.1 Å². The summed E-state index contributed by atoms with van der Waals surface area (Å²) >= 11 is 0. The quantitative estimate of drug-likeness (QED) is 0.506. The molecule has 0 aromatic carbocycles. The molecule has 2 rings (SSSR count). The van der Waals surface area contributed by atoms with Gasteiger partial charge in [0.1, 0.15) is 0 Å². The molecule has 2 atom stereocenters.